The number of hydrogen-bond donors (Lipinski definition) is 2. The van der Waals surface area contributed by atoms with Crippen LogP contribution < -0.4 is 5.32 Å². The molecule has 1 aromatic rings. The van der Waals surface area contributed by atoms with E-state index in [4.69, 9.17) is 0 Å². The minimum absolute atomic E-state index is 0.150. The maximum absolute atomic E-state index is 9.69. The summed E-state index contributed by atoms with van der Waals surface area (Å²) in [5.74, 6) is 1.16. The number of hydrogen-bond acceptors (Lipinski definition) is 5. The summed E-state index contributed by atoms with van der Waals surface area (Å²) >= 11 is 0. The van der Waals surface area contributed by atoms with Gasteiger partial charge in [-0.25, -0.2) is 4.98 Å². The van der Waals surface area contributed by atoms with Gasteiger partial charge in [-0.05, 0) is 19.3 Å². The molecule has 1 saturated heterocycles. The molecule has 0 bridgehead atoms. The number of nitrogens with zero attached hydrogens (tertiary/aromatic N) is 3. The molecule has 5 heteroatoms. The van der Waals surface area contributed by atoms with Gasteiger partial charge in [-0.3, -0.25) is 9.88 Å². The van der Waals surface area contributed by atoms with E-state index >= 15 is 0 Å². The van der Waals surface area contributed by atoms with E-state index in [9.17, 15) is 5.11 Å². The highest BCUT2D eigenvalue weighted by atomic mass is 16.3. The van der Waals surface area contributed by atoms with E-state index < -0.39 is 0 Å². The van der Waals surface area contributed by atoms with Crippen molar-refractivity contribution in [1.82, 2.24) is 14.9 Å². The average Bonchev–Trinajstić information content (AvgIpc) is 2.37. The lowest BCUT2D eigenvalue weighted by Crippen LogP contribution is -2.41. The minimum atomic E-state index is -0.150. The number of aliphatic hydroxyl groups excluding tert-OH is 1. The maximum Gasteiger partial charge on any atom is 0.144 e. The Balaban J connectivity index is 1.89. The highest BCUT2D eigenvalue weighted by Crippen LogP contribution is 2.18. The lowest BCUT2D eigenvalue weighted by molar-refractivity contribution is 0.0315. The first-order valence-electron chi connectivity index (χ1n) is 6.64. The Morgan fingerprint density at radius 1 is 1.44 bits per heavy atom. The van der Waals surface area contributed by atoms with Gasteiger partial charge in [-0.2, -0.15) is 0 Å². The van der Waals surface area contributed by atoms with Crippen LogP contribution in [0, 0.1) is 5.92 Å². The molecule has 2 rings (SSSR count). The third kappa shape index (κ3) is 3.40. The number of aromatic nitrogens is 2. The molecule has 18 heavy (non-hydrogen) atoms. The molecule has 1 aliphatic heterocycles. The van der Waals surface area contributed by atoms with Crippen LogP contribution in [0.2, 0.25) is 0 Å². The van der Waals surface area contributed by atoms with Gasteiger partial charge >= 0.3 is 0 Å². The van der Waals surface area contributed by atoms with Crippen molar-refractivity contribution in [3.8, 4) is 0 Å². The fraction of sp³-hybridized carbons (Fsp3) is 0.692. The van der Waals surface area contributed by atoms with Gasteiger partial charge in [-0.1, -0.05) is 6.92 Å². The predicted molar refractivity (Wildman–Crippen MR) is 71.3 cm³/mol. The first-order chi connectivity index (χ1) is 8.69. The normalized spacial score (nSPS) is 25.1. The fourth-order valence-corrected chi connectivity index (χ4v) is 2.30. The maximum atomic E-state index is 9.69. The first kappa shape index (κ1) is 13.2. The third-order valence-electron chi connectivity index (χ3n) is 3.39. The largest absolute Gasteiger partial charge is 0.393 e. The Hall–Kier alpha value is -1.20. The molecule has 0 spiro atoms. The van der Waals surface area contributed by atoms with Gasteiger partial charge in [0.25, 0.3) is 0 Å². The number of piperidine rings is 1. The zero-order valence-corrected chi connectivity index (χ0v) is 11.1. The highest BCUT2D eigenvalue weighted by molar-refractivity contribution is 5.30. The molecule has 2 N–H and O–H groups in total. The molecule has 2 unspecified atom stereocenters. The lowest BCUT2D eigenvalue weighted by Gasteiger charge is -2.34. The third-order valence-corrected chi connectivity index (χ3v) is 3.39. The van der Waals surface area contributed by atoms with Crippen molar-refractivity contribution in [2.75, 3.05) is 25.0 Å². The molecule has 1 aromatic heterocycles. The standard InChI is InChI=1S/C13H22N4O/c1-3-14-13-7-15-11(6-16-13)9-17-5-4-12(18)10(2)8-17/h6-7,10,12,18H,3-5,8-9H2,1-2H3,(H,14,16). The van der Waals surface area contributed by atoms with Gasteiger partial charge in [0.2, 0.25) is 0 Å². The van der Waals surface area contributed by atoms with E-state index in [-0.39, 0.29) is 6.10 Å². The molecular formula is C13H22N4O. The fourth-order valence-electron chi connectivity index (χ4n) is 2.30. The monoisotopic (exact) mass is 250 g/mol. The number of aliphatic hydroxyl groups is 1. The smallest absolute Gasteiger partial charge is 0.144 e. The molecule has 0 aliphatic carbocycles. The minimum Gasteiger partial charge on any atom is -0.393 e. The lowest BCUT2D eigenvalue weighted by atomic mass is 9.97. The molecule has 0 saturated carbocycles. The van der Waals surface area contributed by atoms with Crippen molar-refractivity contribution in [3.05, 3.63) is 18.1 Å². The van der Waals surface area contributed by atoms with Crippen LogP contribution in [0.4, 0.5) is 5.82 Å². The summed E-state index contributed by atoms with van der Waals surface area (Å²) < 4.78 is 0. The van der Waals surface area contributed by atoms with Gasteiger partial charge < -0.3 is 10.4 Å². The zero-order chi connectivity index (χ0) is 13.0. The molecule has 0 amide bonds. The van der Waals surface area contributed by atoms with Crippen molar-refractivity contribution in [3.63, 3.8) is 0 Å². The molecule has 0 aromatic carbocycles. The van der Waals surface area contributed by atoms with E-state index in [2.05, 4.69) is 27.1 Å². The van der Waals surface area contributed by atoms with E-state index in [1.54, 1.807) is 6.20 Å². The summed E-state index contributed by atoms with van der Waals surface area (Å²) in [6.45, 7) is 7.67. The number of nitrogens with one attached hydrogen (secondary N) is 1. The summed E-state index contributed by atoms with van der Waals surface area (Å²) in [7, 11) is 0. The Morgan fingerprint density at radius 3 is 2.89 bits per heavy atom. The van der Waals surface area contributed by atoms with Crippen LogP contribution in [0.1, 0.15) is 26.0 Å². The molecule has 2 atom stereocenters. The van der Waals surface area contributed by atoms with Crippen molar-refractivity contribution in [2.45, 2.75) is 32.9 Å². The number of anilines is 1. The van der Waals surface area contributed by atoms with Crippen LogP contribution in [0.3, 0.4) is 0 Å². The number of likely N-dealkylation sites (tertiary alicyclic amines) is 1. The highest BCUT2D eigenvalue weighted by Gasteiger charge is 2.24. The Kier molecular flexibility index (Phi) is 4.49. The van der Waals surface area contributed by atoms with E-state index in [0.717, 1.165) is 44.1 Å². The number of rotatable bonds is 4. The van der Waals surface area contributed by atoms with Crippen LogP contribution in [0.5, 0.6) is 0 Å². The van der Waals surface area contributed by atoms with E-state index in [1.165, 1.54) is 0 Å². The molecule has 0 radical (unpaired) electrons. The van der Waals surface area contributed by atoms with E-state index in [0.29, 0.717) is 5.92 Å². The Bertz CT molecular complexity index is 368. The van der Waals surface area contributed by atoms with E-state index in [1.807, 2.05) is 13.1 Å². The van der Waals surface area contributed by atoms with Crippen molar-refractivity contribution in [2.24, 2.45) is 5.92 Å². The van der Waals surface area contributed by atoms with Crippen LogP contribution in [0.15, 0.2) is 12.4 Å². The van der Waals surface area contributed by atoms with Gasteiger partial charge in [-0.15, -0.1) is 0 Å². The predicted octanol–water partition coefficient (Wildman–Crippen LogP) is 1.11. The molecule has 5 nitrogen and oxygen atoms in total. The molecule has 1 fully saturated rings. The van der Waals surface area contributed by atoms with Crippen LogP contribution >= 0.6 is 0 Å². The second kappa shape index (κ2) is 6.11. The topological polar surface area (TPSA) is 61.3 Å². The van der Waals surface area contributed by atoms with Crippen LogP contribution in [-0.4, -0.2) is 45.7 Å². The summed E-state index contributed by atoms with van der Waals surface area (Å²) in [6.07, 6.45) is 4.31. The van der Waals surface area contributed by atoms with Gasteiger partial charge in [0.1, 0.15) is 5.82 Å². The zero-order valence-electron chi connectivity index (χ0n) is 11.1. The van der Waals surface area contributed by atoms with Crippen molar-refractivity contribution < 1.29 is 5.11 Å². The summed E-state index contributed by atoms with van der Waals surface area (Å²) in [5.41, 5.74) is 0.986. The summed E-state index contributed by atoms with van der Waals surface area (Å²) in [4.78, 5) is 11.1. The second-order valence-corrected chi connectivity index (χ2v) is 4.99. The Labute approximate surface area is 108 Å². The summed E-state index contributed by atoms with van der Waals surface area (Å²) in [5, 5.41) is 12.8. The first-order valence-corrected chi connectivity index (χ1v) is 6.64. The molecule has 1 aliphatic rings. The summed E-state index contributed by atoms with van der Waals surface area (Å²) in [6, 6.07) is 0. The second-order valence-electron chi connectivity index (χ2n) is 4.99. The van der Waals surface area contributed by atoms with Crippen LogP contribution in [0.25, 0.3) is 0 Å². The molecule has 100 valence electrons. The molecular weight excluding hydrogens is 228 g/mol. The van der Waals surface area contributed by atoms with Crippen molar-refractivity contribution >= 4 is 5.82 Å². The van der Waals surface area contributed by atoms with Gasteiger partial charge in [0.05, 0.1) is 24.2 Å². The molecule has 2 heterocycles. The van der Waals surface area contributed by atoms with Gasteiger partial charge in [0, 0.05) is 26.2 Å². The SMILES string of the molecule is CCNc1cnc(CN2CCC(O)C(C)C2)cn1. The quantitative estimate of drug-likeness (QED) is 0.838. The van der Waals surface area contributed by atoms with Crippen LogP contribution in [-0.2, 0) is 6.54 Å². The average molecular weight is 250 g/mol. The van der Waals surface area contributed by atoms with Crippen molar-refractivity contribution in [1.29, 1.82) is 0 Å². The Morgan fingerprint density at radius 2 is 2.28 bits per heavy atom. The van der Waals surface area contributed by atoms with Gasteiger partial charge in [0.15, 0.2) is 0 Å².